The molecule has 0 saturated heterocycles. The van der Waals surface area contributed by atoms with E-state index in [1.54, 1.807) is 4.68 Å². The lowest BCUT2D eigenvalue weighted by atomic mass is 10.0. The molecule has 0 spiro atoms. The molecular formula is C15H17N5O. The van der Waals surface area contributed by atoms with E-state index in [9.17, 15) is 4.79 Å². The minimum Gasteiger partial charge on any atom is -0.326 e. The van der Waals surface area contributed by atoms with Gasteiger partial charge in [-0.1, -0.05) is 6.07 Å². The molecule has 6 nitrogen and oxygen atoms in total. The van der Waals surface area contributed by atoms with Gasteiger partial charge in [-0.25, -0.2) is 0 Å². The molecular weight excluding hydrogens is 266 g/mol. The number of fused-ring (bicyclic) bond motifs is 1. The van der Waals surface area contributed by atoms with Crippen molar-refractivity contribution in [3.05, 3.63) is 30.1 Å². The molecule has 2 aliphatic carbocycles. The van der Waals surface area contributed by atoms with Gasteiger partial charge < -0.3 is 5.32 Å². The second-order valence-electron chi connectivity index (χ2n) is 6.10. The van der Waals surface area contributed by atoms with E-state index in [1.807, 2.05) is 31.2 Å². The van der Waals surface area contributed by atoms with Crippen LogP contribution >= 0.6 is 0 Å². The summed E-state index contributed by atoms with van der Waals surface area (Å²) in [5.41, 5.74) is 1.65. The van der Waals surface area contributed by atoms with Crippen molar-refractivity contribution in [2.24, 2.45) is 17.8 Å². The number of amides is 1. The molecule has 21 heavy (non-hydrogen) atoms. The van der Waals surface area contributed by atoms with Gasteiger partial charge in [0.05, 0.1) is 5.69 Å². The Morgan fingerprint density at radius 1 is 1.29 bits per heavy atom. The second kappa shape index (κ2) is 4.65. The van der Waals surface area contributed by atoms with Crippen molar-refractivity contribution in [1.29, 1.82) is 0 Å². The van der Waals surface area contributed by atoms with E-state index in [-0.39, 0.29) is 11.8 Å². The number of aryl methyl sites for hydroxylation is 1. The van der Waals surface area contributed by atoms with E-state index in [4.69, 9.17) is 0 Å². The molecule has 1 heterocycles. The van der Waals surface area contributed by atoms with Gasteiger partial charge in [-0.15, -0.1) is 5.10 Å². The van der Waals surface area contributed by atoms with Crippen LogP contribution in [0.1, 0.15) is 25.1 Å². The molecule has 0 radical (unpaired) electrons. The van der Waals surface area contributed by atoms with Crippen molar-refractivity contribution in [3.63, 3.8) is 0 Å². The first-order chi connectivity index (χ1) is 10.2. The number of carbonyl (C=O) groups is 1. The molecule has 2 aliphatic rings. The van der Waals surface area contributed by atoms with Crippen LogP contribution in [0, 0.1) is 24.7 Å². The van der Waals surface area contributed by atoms with Crippen LogP contribution in [-0.4, -0.2) is 26.1 Å². The average molecular weight is 283 g/mol. The number of carbonyl (C=O) groups excluding carboxylic acids is 1. The number of rotatable bonds is 3. The maximum atomic E-state index is 12.3. The first-order valence-corrected chi connectivity index (χ1v) is 7.37. The Balaban J connectivity index is 1.50. The predicted octanol–water partition coefficient (Wildman–Crippen LogP) is 1.96. The van der Waals surface area contributed by atoms with Gasteiger partial charge in [0.1, 0.15) is 0 Å². The number of hydrogen-bond donors (Lipinski definition) is 1. The number of aromatic nitrogens is 4. The normalized spacial score (nSPS) is 26.4. The van der Waals surface area contributed by atoms with Crippen molar-refractivity contribution in [3.8, 4) is 5.69 Å². The highest BCUT2D eigenvalue weighted by atomic mass is 16.1. The SMILES string of the molecule is Cc1nnnn1-c1cccc(NC(=O)C2CC3CC3C2)c1. The van der Waals surface area contributed by atoms with E-state index < -0.39 is 0 Å². The minimum atomic E-state index is 0.146. The van der Waals surface area contributed by atoms with Crippen molar-refractivity contribution in [2.45, 2.75) is 26.2 Å². The summed E-state index contributed by atoms with van der Waals surface area (Å²) in [6, 6.07) is 7.62. The van der Waals surface area contributed by atoms with Crippen LogP contribution in [0.3, 0.4) is 0 Å². The van der Waals surface area contributed by atoms with E-state index in [0.717, 1.165) is 36.1 Å². The predicted molar refractivity (Wildman–Crippen MR) is 76.8 cm³/mol. The van der Waals surface area contributed by atoms with Crippen molar-refractivity contribution in [2.75, 3.05) is 5.32 Å². The summed E-state index contributed by atoms with van der Waals surface area (Å²) in [5, 5.41) is 14.5. The van der Waals surface area contributed by atoms with Crippen LogP contribution in [0.25, 0.3) is 5.69 Å². The lowest BCUT2D eigenvalue weighted by molar-refractivity contribution is -0.120. The van der Waals surface area contributed by atoms with Gasteiger partial charge >= 0.3 is 0 Å². The molecule has 0 bridgehead atoms. The van der Waals surface area contributed by atoms with Gasteiger partial charge in [-0.3, -0.25) is 4.79 Å². The van der Waals surface area contributed by atoms with Gasteiger partial charge in [0.25, 0.3) is 0 Å². The highest BCUT2D eigenvalue weighted by Crippen LogP contribution is 2.54. The third-order valence-corrected chi connectivity index (χ3v) is 4.60. The molecule has 1 aromatic carbocycles. The minimum absolute atomic E-state index is 0.146. The summed E-state index contributed by atoms with van der Waals surface area (Å²) < 4.78 is 1.65. The Morgan fingerprint density at radius 2 is 2.10 bits per heavy atom. The molecule has 2 fully saturated rings. The van der Waals surface area contributed by atoms with Gasteiger partial charge in [0, 0.05) is 11.6 Å². The molecule has 4 rings (SSSR count). The lowest BCUT2D eigenvalue weighted by Crippen LogP contribution is -2.21. The number of anilines is 1. The van der Waals surface area contributed by atoms with Crippen LogP contribution < -0.4 is 5.32 Å². The van der Waals surface area contributed by atoms with Gasteiger partial charge in [-0.2, -0.15) is 4.68 Å². The Labute approximate surface area is 122 Å². The molecule has 2 atom stereocenters. The smallest absolute Gasteiger partial charge is 0.227 e. The van der Waals surface area contributed by atoms with Crippen molar-refractivity contribution in [1.82, 2.24) is 20.2 Å². The zero-order valence-electron chi connectivity index (χ0n) is 11.9. The van der Waals surface area contributed by atoms with E-state index >= 15 is 0 Å². The molecule has 1 N–H and O–H groups in total. The van der Waals surface area contributed by atoms with Crippen LogP contribution in [0.15, 0.2) is 24.3 Å². The quantitative estimate of drug-likeness (QED) is 0.934. The number of tetrazole rings is 1. The summed E-state index contributed by atoms with van der Waals surface area (Å²) in [6.45, 7) is 1.84. The van der Waals surface area contributed by atoms with Crippen LogP contribution in [-0.2, 0) is 4.79 Å². The second-order valence-corrected chi connectivity index (χ2v) is 6.10. The number of nitrogens with zero attached hydrogens (tertiary/aromatic N) is 4. The Morgan fingerprint density at radius 3 is 2.81 bits per heavy atom. The Kier molecular flexibility index (Phi) is 2.77. The fraction of sp³-hybridized carbons (Fsp3) is 0.467. The van der Waals surface area contributed by atoms with Crippen LogP contribution in [0.5, 0.6) is 0 Å². The Bertz CT molecular complexity index is 685. The molecule has 0 aliphatic heterocycles. The van der Waals surface area contributed by atoms with E-state index in [0.29, 0.717) is 5.82 Å². The average Bonchev–Trinajstić information content (AvgIpc) is 2.89. The summed E-state index contributed by atoms with van der Waals surface area (Å²) in [4.78, 5) is 12.3. The molecule has 108 valence electrons. The highest BCUT2D eigenvalue weighted by Gasteiger charge is 2.47. The van der Waals surface area contributed by atoms with Crippen molar-refractivity contribution >= 4 is 11.6 Å². The fourth-order valence-electron chi connectivity index (χ4n) is 3.36. The fourth-order valence-corrected chi connectivity index (χ4v) is 3.36. The van der Waals surface area contributed by atoms with Gasteiger partial charge in [0.2, 0.25) is 5.91 Å². The molecule has 2 aromatic rings. The largest absolute Gasteiger partial charge is 0.326 e. The standard InChI is InChI=1S/C15H17N5O/c1-9-17-18-19-20(9)14-4-2-3-13(8-14)16-15(21)12-6-10-5-11(10)7-12/h2-4,8,10-12H,5-7H2,1H3,(H,16,21). The number of benzene rings is 1. The maximum absolute atomic E-state index is 12.3. The zero-order chi connectivity index (χ0) is 14.4. The first kappa shape index (κ1) is 12.5. The summed E-state index contributed by atoms with van der Waals surface area (Å²) >= 11 is 0. The summed E-state index contributed by atoms with van der Waals surface area (Å²) in [7, 11) is 0. The molecule has 2 saturated carbocycles. The molecule has 1 amide bonds. The third-order valence-electron chi connectivity index (χ3n) is 4.60. The van der Waals surface area contributed by atoms with Crippen molar-refractivity contribution < 1.29 is 4.79 Å². The van der Waals surface area contributed by atoms with Gasteiger partial charge in [-0.05, 0) is 66.6 Å². The van der Waals surface area contributed by atoms with Crippen LogP contribution in [0.2, 0.25) is 0 Å². The molecule has 2 unspecified atom stereocenters. The third kappa shape index (κ3) is 2.30. The highest BCUT2D eigenvalue weighted by molar-refractivity contribution is 5.93. The number of nitrogens with one attached hydrogen (secondary N) is 1. The summed E-state index contributed by atoms with van der Waals surface area (Å²) in [5.74, 6) is 2.68. The summed E-state index contributed by atoms with van der Waals surface area (Å²) in [6.07, 6.45) is 3.45. The van der Waals surface area contributed by atoms with E-state index in [2.05, 4.69) is 20.8 Å². The first-order valence-electron chi connectivity index (χ1n) is 7.37. The topological polar surface area (TPSA) is 72.7 Å². The number of hydrogen-bond acceptors (Lipinski definition) is 4. The van der Waals surface area contributed by atoms with Gasteiger partial charge in [0.15, 0.2) is 5.82 Å². The monoisotopic (exact) mass is 283 g/mol. The zero-order valence-corrected chi connectivity index (χ0v) is 11.9. The molecule has 6 heteroatoms. The maximum Gasteiger partial charge on any atom is 0.227 e. The molecule has 1 aromatic heterocycles. The van der Waals surface area contributed by atoms with Crippen LogP contribution in [0.4, 0.5) is 5.69 Å². The van der Waals surface area contributed by atoms with E-state index in [1.165, 1.54) is 6.42 Å². The Hall–Kier alpha value is -2.24. The lowest BCUT2D eigenvalue weighted by Gasteiger charge is -2.13.